The average Bonchev–Trinajstić information content (AvgIpc) is 3.43. The molecule has 0 aromatic rings. The zero-order valence-electron chi connectivity index (χ0n) is 49.9. The predicted octanol–water partition coefficient (Wildman–Crippen LogP) is 21.8. The second kappa shape index (κ2) is 64.1. The van der Waals surface area contributed by atoms with Gasteiger partial charge in [0.05, 0.1) is 0 Å². The van der Waals surface area contributed by atoms with Crippen molar-refractivity contribution in [3.05, 3.63) is 134 Å². The van der Waals surface area contributed by atoms with E-state index in [2.05, 4.69) is 154 Å². The van der Waals surface area contributed by atoms with Crippen LogP contribution in [0.1, 0.15) is 278 Å². The molecule has 6 heteroatoms. The van der Waals surface area contributed by atoms with Crippen LogP contribution in [0.4, 0.5) is 0 Å². The van der Waals surface area contributed by atoms with Crippen LogP contribution in [-0.2, 0) is 28.6 Å². The highest BCUT2D eigenvalue weighted by Crippen LogP contribution is 2.15. The largest absolute Gasteiger partial charge is 0.462 e. The van der Waals surface area contributed by atoms with Gasteiger partial charge in [-0.05, 0) is 135 Å². The Hall–Kier alpha value is -4.45. The summed E-state index contributed by atoms with van der Waals surface area (Å²) in [5.41, 5.74) is 0. The van der Waals surface area contributed by atoms with Gasteiger partial charge in [-0.1, -0.05) is 257 Å². The molecule has 0 saturated heterocycles. The fourth-order valence-corrected chi connectivity index (χ4v) is 8.43. The maximum absolute atomic E-state index is 12.9. The van der Waals surface area contributed by atoms with Crippen molar-refractivity contribution in [2.45, 2.75) is 284 Å². The highest BCUT2D eigenvalue weighted by Gasteiger charge is 2.19. The van der Waals surface area contributed by atoms with Crippen molar-refractivity contribution in [1.82, 2.24) is 0 Å². The molecule has 0 aliphatic rings. The van der Waals surface area contributed by atoms with Gasteiger partial charge in [0.2, 0.25) is 0 Å². The van der Waals surface area contributed by atoms with E-state index < -0.39 is 6.10 Å². The topological polar surface area (TPSA) is 78.9 Å². The molecule has 0 amide bonds. The number of allylic oxidation sites excluding steroid dienone is 22. The monoisotopic (exact) mass is 1060 g/mol. The lowest BCUT2D eigenvalue weighted by atomic mass is 10.1. The molecule has 0 heterocycles. The molecule has 0 aromatic heterocycles. The predicted molar refractivity (Wildman–Crippen MR) is 334 cm³/mol. The number of carbonyl (C=O) groups is 3. The third-order valence-corrected chi connectivity index (χ3v) is 13.1. The van der Waals surface area contributed by atoms with Crippen LogP contribution in [0.25, 0.3) is 0 Å². The molecule has 77 heavy (non-hydrogen) atoms. The molecular weight excluding hydrogens is 949 g/mol. The minimum atomic E-state index is -0.811. The number of rotatable bonds is 56. The Morgan fingerprint density at radius 1 is 0.273 bits per heavy atom. The molecule has 0 rings (SSSR count). The fourth-order valence-electron chi connectivity index (χ4n) is 8.43. The van der Waals surface area contributed by atoms with Gasteiger partial charge >= 0.3 is 17.9 Å². The van der Waals surface area contributed by atoms with Crippen LogP contribution in [0.5, 0.6) is 0 Å². The van der Waals surface area contributed by atoms with E-state index in [9.17, 15) is 14.4 Å². The Balaban J connectivity index is 4.51. The zero-order chi connectivity index (χ0) is 55.7. The van der Waals surface area contributed by atoms with Gasteiger partial charge in [-0.15, -0.1) is 0 Å². The van der Waals surface area contributed by atoms with Crippen LogP contribution >= 0.6 is 0 Å². The lowest BCUT2D eigenvalue weighted by molar-refractivity contribution is -0.167. The molecule has 0 radical (unpaired) electrons. The number of ether oxygens (including phenoxy) is 3. The van der Waals surface area contributed by atoms with E-state index in [1.54, 1.807) is 0 Å². The molecule has 1 unspecified atom stereocenters. The quantitative estimate of drug-likeness (QED) is 0.0261. The van der Waals surface area contributed by atoms with Gasteiger partial charge in [0.15, 0.2) is 6.10 Å². The molecule has 0 aliphatic heterocycles. The summed E-state index contributed by atoms with van der Waals surface area (Å²) < 4.78 is 16.9. The van der Waals surface area contributed by atoms with Crippen LogP contribution in [0.15, 0.2) is 134 Å². The van der Waals surface area contributed by atoms with E-state index in [1.807, 2.05) is 0 Å². The smallest absolute Gasteiger partial charge is 0.306 e. The van der Waals surface area contributed by atoms with E-state index in [4.69, 9.17) is 14.2 Å². The Labute approximate surface area is 475 Å². The summed E-state index contributed by atoms with van der Waals surface area (Å²) >= 11 is 0. The van der Waals surface area contributed by atoms with E-state index in [1.165, 1.54) is 103 Å². The fraction of sp³-hybridized carbons (Fsp3) is 0.648. The Morgan fingerprint density at radius 3 is 0.831 bits per heavy atom. The summed E-state index contributed by atoms with van der Waals surface area (Å²) in [4.78, 5) is 38.3. The molecule has 0 N–H and O–H groups in total. The molecule has 0 aromatic carbocycles. The van der Waals surface area contributed by atoms with Crippen LogP contribution in [0, 0.1) is 0 Å². The second-order valence-electron chi connectivity index (χ2n) is 20.5. The second-order valence-corrected chi connectivity index (χ2v) is 20.5. The normalized spacial score (nSPS) is 13.0. The molecule has 436 valence electrons. The molecule has 0 aliphatic carbocycles. The van der Waals surface area contributed by atoms with E-state index in [0.29, 0.717) is 25.7 Å². The molecule has 0 fully saturated rings. The van der Waals surface area contributed by atoms with Gasteiger partial charge in [-0.3, -0.25) is 14.4 Å². The van der Waals surface area contributed by atoms with E-state index >= 15 is 0 Å². The van der Waals surface area contributed by atoms with Crippen molar-refractivity contribution in [3.63, 3.8) is 0 Å². The summed E-state index contributed by atoms with van der Waals surface area (Å²) in [6, 6.07) is 0. The van der Waals surface area contributed by atoms with Crippen LogP contribution in [0.3, 0.4) is 0 Å². The number of esters is 3. The first-order chi connectivity index (χ1) is 38.0. The molecular formula is C71H116O6. The highest BCUT2D eigenvalue weighted by atomic mass is 16.6. The van der Waals surface area contributed by atoms with Crippen LogP contribution in [-0.4, -0.2) is 37.2 Å². The van der Waals surface area contributed by atoms with Crippen molar-refractivity contribution in [2.75, 3.05) is 13.2 Å². The van der Waals surface area contributed by atoms with Crippen LogP contribution < -0.4 is 0 Å². The van der Waals surface area contributed by atoms with Gasteiger partial charge in [-0.25, -0.2) is 0 Å². The zero-order valence-corrected chi connectivity index (χ0v) is 49.9. The molecule has 1 atom stereocenters. The first-order valence-corrected chi connectivity index (χ1v) is 31.7. The maximum Gasteiger partial charge on any atom is 0.306 e. The summed E-state index contributed by atoms with van der Waals surface area (Å²) in [6.45, 7) is 6.37. The minimum absolute atomic E-state index is 0.102. The van der Waals surface area contributed by atoms with Crippen molar-refractivity contribution in [3.8, 4) is 0 Å². The Morgan fingerprint density at radius 2 is 0.506 bits per heavy atom. The highest BCUT2D eigenvalue weighted by molar-refractivity contribution is 5.71. The third-order valence-electron chi connectivity index (χ3n) is 13.1. The maximum atomic E-state index is 12.9. The van der Waals surface area contributed by atoms with Gasteiger partial charge in [0, 0.05) is 19.3 Å². The van der Waals surface area contributed by atoms with Gasteiger partial charge in [0.25, 0.3) is 0 Å². The number of unbranched alkanes of at least 4 members (excludes halogenated alkanes) is 23. The number of hydrogen-bond donors (Lipinski definition) is 0. The Bertz CT molecular complexity index is 1650. The summed E-state index contributed by atoms with van der Waals surface area (Å²) in [5.74, 6) is -0.961. The molecule has 0 bridgehead atoms. The summed E-state index contributed by atoms with van der Waals surface area (Å²) in [6.07, 6.45) is 90.2. The van der Waals surface area contributed by atoms with Crippen molar-refractivity contribution >= 4 is 17.9 Å². The first kappa shape index (κ1) is 72.5. The third kappa shape index (κ3) is 62.3. The van der Waals surface area contributed by atoms with Gasteiger partial charge in [0.1, 0.15) is 13.2 Å². The standard InChI is InChI=1S/C71H116O6/c1-4-7-10-13-16-19-22-25-28-31-34-35-38-40-43-46-49-52-55-58-61-64-70(73)76-67-68(77-71(74)65-62-59-56-53-50-47-44-41-37-33-30-27-24-21-18-15-12-9-6-3)66-75-69(72)63-60-57-54-51-48-45-42-39-36-32-29-26-23-20-17-14-11-8-5-2/h7,9-10,12,16,18-19,21,25-30,34-35,37,40-41,43,49,52,68H,4-6,8,11,13-15,17,20,22-24,31-33,36,38-39,42,44-48,50-51,53-67H2,1-3H3/b10-7-,12-9-,19-16-,21-18-,28-25-,29-26-,30-27-,35-34-,41-37-,43-40-,52-49-. The van der Waals surface area contributed by atoms with Crippen LogP contribution in [0.2, 0.25) is 0 Å². The van der Waals surface area contributed by atoms with Crippen molar-refractivity contribution in [2.24, 2.45) is 0 Å². The minimum Gasteiger partial charge on any atom is -0.462 e. The van der Waals surface area contributed by atoms with E-state index in [0.717, 1.165) is 128 Å². The van der Waals surface area contributed by atoms with Gasteiger partial charge < -0.3 is 14.2 Å². The Kier molecular flexibility index (Phi) is 60.4. The van der Waals surface area contributed by atoms with Crippen molar-refractivity contribution in [1.29, 1.82) is 0 Å². The van der Waals surface area contributed by atoms with Gasteiger partial charge in [-0.2, -0.15) is 0 Å². The SMILES string of the molecule is CC/C=C\C/C=C\C/C=C\C/C=C\C/C=C\C/C=C\CCCCC(=O)OCC(COC(=O)CCCCCCCCCCC/C=C\CCCCCCCC)OC(=O)CCCCCCCC/C=C\C/C=C\C/C=C\C/C=C\CC. The molecule has 0 saturated carbocycles. The lowest BCUT2D eigenvalue weighted by Gasteiger charge is -2.18. The summed E-state index contributed by atoms with van der Waals surface area (Å²) in [5, 5.41) is 0. The molecule has 0 spiro atoms. The molecule has 6 nitrogen and oxygen atoms in total. The van der Waals surface area contributed by atoms with Crippen molar-refractivity contribution < 1.29 is 28.6 Å². The first-order valence-electron chi connectivity index (χ1n) is 31.7. The number of carbonyl (C=O) groups excluding carboxylic acids is 3. The lowest BCUT2D eigenvalue weighted by Crippen LogP contribution is -2.30. The van der Waals surface area contributed by atoms with E-state index in [-0.39, 0.29) is 31.1 Å². The number of hydrogen-bond acceptors (Lipinski definition) is 6. The average molecular weight is 1070 g/mol. The summed E-state index contributed by atoms with van der Waals surface area (Å²) in [7, 11) is 0.